The molecule has 0 N–H and O–H groups in total. The van der Waals surface area contributed by atoms with Crippen molar-refractivity contribution in [1.82, 2.24) is 0 Å². The first kappa shape index (κ1) is 21.2. The van der Waals surface area contributed by atoms with Gasteiger partial charge in [0.1, 0.15) is 0 Å². The van der Waals surface area contributed by atoms with Gasteiger partial charge in [0.2, 0.25) is 0 Å². The minimum atomic E-state index is 1.15. The lowest BCUT2D eigenvalue weighted by molar-refractivity contribution is 1.24. The third kappa shape index (κ3) is 3.86. The molecule has 0 saturated carbocycles. The molecule has 1 aliphatic rings. The van der Waals surface area contributed by atoms with Crippen LogP contribution in [0, 0.1) is 13.8 Å². The smallest absolute Gasteiger partial charge is 0.0490 e. The fourth-order valence-corrected chi connectivity index (χ4v) is 5.03. The Morgan fingerprint density at radius 1 is 0.486 bits per heavy atom. The van der Waals surface area contributed by atoms with Crippen molar-refractivity contribution in [2.75, 3.05) is 4.90 Å². The lowest BCUT2D eigenvalue weighted by atomic mass is 10.0. The van der Waals surface area contributed by atoms with Crippen LogP contribution in [0.15, 0.2) is 121 Å². The quantitative estimate of drug-likeness (QED) is 0.259. The molecule has 0 bridgehead atoms. The highest BCUT2D eigenvalue weighted by molar-refractivity contribution is 6.06. The van der Waals surface area contributed by atoms with Crippen LogP contribution in [-0.2, 0) is 0 Å². The minimum absolute atomic E-state index is 1.15. The number of benzene rings is 5. The van der Waals surface area contributed by atoms with Crippen molar-refractivity contribution in [2.45, 2.75) is 13.8 Å². The Balaban J connectivity index is 1.42. The molecular formula is C34H27N. The van der Waals surface area contributed by atoms with E-state index >= 15 is 0 Å². The van der Waals surface area contributed by atoms with Crippen LogP contribution in [0.4, 0.5) is 17.1 Å². The zero-order valence-electron chi connectivity index (χ0n) is 20.1. The number of nitrogens with zero attached hydrogens (tertiary/aromatic N) is 1. The summed E-state index contributed by atoms with van der Waals surface area (Å²) in [7, 11) is 0. The molecule has 168 valence electrons. The van der Waals surface area contributed by atoms with E-state index in [0.29, 0.717) is 0 Å². The third-order valence-electron chi connectivity index (χ3n) is 6.84. The van der Waals surface area contributed by atoms with E-state index in [1.165, 1.54) is 50.2 Å². The van der Waals surface area contributed by atoms with Crippen LogP contribution in [0.3, 0.4) is 0 Å². The molecule has 35 heavy (non-hydrogen) atoms. The highest BCUT2D eigenvalue weighted by Gasteiger charge is 2.22. The summed E-state index contributed by atoms with van der Waals surface area (Å²) in [6, 6.07) is 43.6. The van der Waals surface area contributed by atoms with E-state index in [1.54, 1.807) is 0 Å². The first-order chi connectivity index (χ1) is 17.2. The van der Waals surface area contributed by atoms with Gasteiger partial charge in [0.05, 0.1) is 0 Å². The normalized spacial score (nSPS) is 11.7. The van der Waals surface area contributed by atoms with Gasteiger partial charge in [0.15, 0.2) is 0 Å². The summed E-state index contributed by atoms with van der Waals surface area (Å²) in [6.07, 6.45) is 2.32. The van der Waals surface area contributed by atoms with Gasteiger partial charge in [0, 0.05) is 17.1 Å². The molecule has 0 aromatic heterocycles. The topological polar surface area (TPSA) is 3.24 Å². The molecule has 0 spiro atoms. The Morgan fingerprint density at radius 3 is 1.54 bits per heavy atom. The van der Waals surface area contributed by atoms with Gasteiger partial charge in [-0.05, 0) is 89.2 Å². The Labute approximate surface area is 207 Å². The largest absolute Gasteiger partial charge is 0.310 e. The molecule has 0 saturated heterocycles. The summed E-state index contributed by atoms with van der Waals surface area (Å²) in [5.74, 6) is 0. The van der Waals surface area contributed by atoms with E-state index in [9.17, 15) is 0 Å². The number of hydrogen-bond donors (Lipinski definition) is 0. The number of hydrogen-bond acceptors (Lipinski definition) is 1. The zero-order valence-corrected chi connectivity index (χ0v) is 20.1. The van der Waals surface area contributed by atoms with E-state index in [1.807, 2.05) is 0 Å². The van der Waals surface area contributed by atoms with Crippen LogP contribution in [0.2, 0.25) is 0 Å². The molecule has 0 aliphatic heterocycles. The fraction of sp³-hybridized carbons (Fsp3) is 0.0588. The summed E-state index contributed by atoms with van der Waals surface area (Å²) < 4.78 is 0. The molecule has 6 rings (SSSR count). The van der Waals surface area contributed by atoms with Gasteiger partial charge in [-0.1, -0.05) is 96.6 Å². The summed E-state index contributed by atoms with van der Waals surface area (Å²) in [5.41, 5.74) is 13.7. The van der Waals surface area contributed by atoms with Crippen LogP contribution in [0.5, 0.6) is 0 Å². The van der Waals surface area contributed by atoms with Crippen molar-refractivity contribution >= 4 is 28.7 Å². The molecule has 5 aromatic rings. The van der Waals surface area contributed by atoms with Crippen molar-refractivity contribution in [3.8, 4) is 11.1 Å². The Morgan fingerprint density at radius 2 is 0.971 bits per heavy atom. The number of aryl methyl sites for hydroxylation is 2. The predicted octanol–water partition coefficient (Wildman–Crippen LogP) is 9.34. The van der Waals surface area contributed by atoms with E-state index < -0.39 is 0 Å². The van der Waals surface area contributed by atoms with Crippen molar-refractivity contribution < 1.29 is 0 Å². The van der Waals surface area contributed by atoms with Gasteiger partial charge in [-0.3, -0.25) is 0 Å². The average Bonchev–Trinajstić information content (AvgIpc) is 3.21. The van der Waals surface area contributed by atoms with Crippen molar-refractivity contribution in [3.63, 3.8) is 0 Å². The summed E-state index contributed by atoms with van der Waals surface area (Å²) >= 11 is 0. The third-order valence-corrected chi connectivity index (χ3v) is 6.84. The van der Waals surface area contributed by atoms with Gasteiger partial charge in [-0.15, -0.1) is 0 Å². The van der Waals surface area contributed by atoms with Gasteiger partial charge >= 0.3 is 0 Å². The Bertz CT molecular complexity index is 1490. The second-order valence-electron chi connectivity index (χ2n) is 9.20. The van der Waals surface area contributed by atoms with Crippen LogP contribution >= 0.6 is 0 Å². The van der Waals surface area contributed by atoms with Crippen LogP contribution < -0.4 is 4.90 Å². The first-order valence-electron chi connectivity index (χ1n) is 12.1. The van der Waals surface area contributed by atoms with Crippen molar-refractivity contribution in [2.24, 2.45) is 0 Å². The molecular weight excluding hydrogens is 422 g/mol. The van der Waals surface area contributed by atoms with Gasteiger partial charge < -0.3 is 4.90 Å². The van der Waals surface area contributed by atoms with Gasteiger partial charge in [-0.2, -0.15) is 0 Å². The number of anilines is 3. The monoisotopic (exact) mass is 449 g/mol. The number of para-hydroxylation sites is 1. The summed E-state index contributed by atoms with van der Waals surface area (Å²) in [5, 5.41) is 0. The number of fused-ring (bicyclic) bond motifs is 3. The highest BCUT2D eigenvalue weighted by atomic mass is 15.1. The molecule has 0 atom stereocenters. The average molecular weight is 450 g/mol. The highest BCUT2D eigenvalue weighted by Crippen LogP contribution is 2.45. The lowest BCUT2D eigenvalue weighted by Gasteiger charge is -2.27. The standard InChI is InChI=1S/C34H27N/c1-24-15-19-27(20-16-24)35(34-14-8-3-9-25(34)2)28-21-17-26(18-22-28)23-33-31-12-6-4-10-29(31)30-11-5-7-13-32(30)33/h3-23H,1-2H3. The predicted molar refractivity (Wildman–Crippen MR) is 149 cm³/mol. The SMILES string of the molecule is Cc1ccc(N(c2ccc(C=C3c4ccccc4-c4ccccc43)cc2)c2ccccc2C)cc1. The van der Waals surface area contributed by atoms with Crippen LogP contribution in [0.1, 0.15) is 27.8 Å². The minimum Gasteiger partial charge on any atom is -0.310 e. The molecule has 0 unspecified atom stereocenters. The van der Waals surface area contributed by atoms with E-state index in [4.69, 9.17) is 0 Å². The first-order valence-corrected chi connectivity index (χ1v) is 12.1. The van der Waals surface area contributed by atoms with Gasteiger partial charge in [-0.25, -0.2) is 0 Å². The van der Waals surface area contributed by atoms with E-state index in [-0.39, 0.29) is 0 Å². The van der Waals surface area contributed by atoms with Gasteiger partial charge in [0.25, 0.3) is 0 Å². The molecule has 0 heterocycles. The molecule has 0 radical (unpaired) electrons. The Kier molecular flexibility index (Phi) is 5.31. The number of rotatable bonds is 4. The maximum Gasteiger partial charge on any atom is 0.0490 e. The molecule has 1 nitrogen and oxygen atoms in total. The molecule has 1 heteroatoms. The Hall–Kier alpha value is -4.36. The maximum absolute atomic E-state index is 2.34. The molecule has 1 aliphatic carbocycles. The lowest BCUT2D eigenvalue weighted by Crippen LogP contribution is -2.11. The van der Waals surface area contributed by atoms with E-state index in [0.717, 1.165) is 11.4 Å². The second kappa shape index (κ2) is 8.77. The maximum atomic E-state index is 2.34. The van der Waals surface area contributed by atoms with Crippen molar-refractivity contribution in [1.29, 1.82) is 0 Å². The second-order valence-corrected chi connectivity index (χ2v) is 9.20. The fourth-order valence-electron chi connectivity index (χ4n) is 5.03. The molecule has 0 fully saturated rings. The summed E-state index contributed by atoms with van der Waals surface area (Å²) in [4.78, 5) is 2.34. The van der Waals surface area contributed by atoms with Crippen LogP contribution in [-0.4, -0.2) is 0 Å². The summed E-state index contributed by atoms with van der Waals surface area (Å²) in [6.45, 7) is 4.30. The zero-order chi connectivity index (χ0) is 23.8. The molecule has 5 aromatic carbocycles. The van der Waals surface area contributed by atoms with E-state index in [2.05, 4.69) is 146 Å². The molecule has 0 amide bonds. The van der Waals surface area contributed by atoms with Crippen molar-refractivity contribution in [3.05, 3.63) is 149 Å². The van der Waals surface area contributed by atoms with Crippen LogP contribution in [0.25, 0.3) is 22.8 Å².